The van der Waals surface area contributed by atoms with E-state index in [9.17, 15) is 19.1 Å². The van der Waals surface area contributed by atoms with E-state index in [1.807, 2.05) is 0 Å². The van der Waals surface area contributed by atoms with Crippen LogP contribution in [0.25, 0.3) is 0 Å². The van der Waals surface area contributed by atoms with Crippen molar-refractivity contribution in [2.45, 2.75) is 38.1 Å². The molecule has 1 aromatic carbocycles. The van der Waals surface area contributed by atoms with Crippen LogP contribution in [0.2, 0.25) is 0 Å². The average Bonchev–Trinajstić information content (AvgIpc) is 2.49. The third kappa shape index (κ3) is 3.05. The molecule has 1 amide bonds. The molecule has 22 heavy (non-hydrogen) atoms. The molecule has 1 aliphatic carbocycles. The van der Waals surface area contributed by atoms with Gasteiger partial charge in [-0.3, -0.25) is 4.79 Å². The SMILES string of the molecule is COc1cccc(C(=O)NC2(C(=O)O)CCC(C)CC2)c1F. The Labute approximate surface area is 128 Å². The molecule has 2 rings (SSSR count). The first-order chi connectivity index (χ1) is 10.4. The molecule has 0 unspecified atom stereocenters. The zero-order valence-electron chi connectivity index (χ0n) is 12.7. The van der Waals surface area contributed by atoms with Crippen molar-refractivity contribution < 1.29 is 23.8 Å². The van der Waals surface area contributed by atoms with Gasteiger partial charge in [0.15, 0.2) is 11.6 Å². The lowest BCUT2D eigenvalue weighted by Crippen LogP contribution is -2.56. The van der Waals surface area contributed by atoms with E-state index in [1.54, 1.807) is 0 Å². The number of amides is 1. The highest BCUT2D eigenvalue weighted by Gasteiger charge is 2.43. The molecule has 0 aliphatic heterocycles. The number of carboxylic acid groups (broad SMARTS) is 1. The minimum atomic E-state index is -1.32. The fourth-order valence-corrected chi connectivity index (χ4v) is 2.78. The summed E-state index contributed by atoms with van der Waals surface area (Å²) in [5.74, 6) is -2.20. The topological polar surface area (TPSA) is 75.6 Å². The number of rotatable bonds is 4. The predicted molar refractivity (Wildman–Crippen MR) is 78.4 cm³/mol. The van der Waals surface area contributed by atoms with Gasteiger partial charge in [0.2, 0.25) is 0 Å². The number of carbonyl (C=O) groups is 2. The standard InChI is InChI=1S/C16H20FNO4/c1-10-6-8-16(9-7-10,15(20)21)18-14(19)11-4-3-5-12(22-2)13(11)17/h3-5,10H,6-9H2,1-2H3,(H,18,19)(H,20,21). The van der Waals surface area contributed by atoms with Crippen LogP contribution in [0.1, 0.15) is 43.0 Å². The van der Waals surface area contributed by atoms with Gasteiger partial charge < -0.3 is 15.2 Å². The van der Waals surface area contributed by atoms with Crippen molar-refractivity contribution in [3.8, 4) is 5.75 Å². The fraction of sp³-hybridized carbons (Fsp3) is 0.500. The Morgan fingerprint density at radius 2 is 2.00 bits per heavy atom. The van der Waals surface area contributed by atoms with Crippen molar-refractivity contribution in [1.29, 1.82) is 0 Å². The lowest BCUT2D eigenvalue weighted by atomic mass is 9.77. The molecule has 1 saturated carbocycles. The van der Waals surface area contributed by atoms with Crippen molar-refractivity contribution in [2.24, 2.45) is 5.92 Å². The average molecular weight is 309 g/mol. The predicted octanol–water partition coefficient (Wildman–Crippen LogP) is 2.60. The molecule has 0 atom stereocenters. The molecule has 120 valence electrons. The second-order valence-electron chi connectivity index (χ2n) is 5.85. The zero-order chi connectivity index (χ0) is 16.3. The Hall–Kier alpha value is -2.11. The first kappa shape index (κ1) is 16.3. The highest BCUT2D eigenvalue weighted by atomic mass is 19.1. The first-order valence-electron chi connectivity index (χ1n) is 7.28. The highest BCUT2D eigenvalue weighted by molar-refractivity contribution is 5.98. The van der Waals surface area contributed by atoms with Gasteiger partial charge in [0.25, 0.3) is 5.91 Å². The molecule has 1 aliphatic rings. The summed E-state index contributed by atoms with van der Waals surface area (Å²) in [6, 6.07) is 4.21. The quantitative estimate of drug-likeness (QED) is 0.896. The molecular formula is C16H20FNO4. The van der Waals surface area contributed by atoms with Crippen molar-refractivity contribution in [3.63, 3.8) is 0 Å². The molecule has 0 bridgehead atoms. The highest BCUT2D eigenvalue weighted by Crippen LogP contribution is 2.32. The second-order valence-corrected chi connectivity index (χ2v) is 5.85. The second kappa shape index (κ2) is 6.34. The number of ether oxygens (including phenoxy) is 1. The van der Waals surface area contributed by atoms with Crippen LogP contribution in [0.3, 0.4) is 0 Å². The van der Waals surface area contributed by atoms with E-state index in [1.165, 1.54) is 25.3 Å². The van der Waals surface area contributed by atoms with Gasteiger partial charge in [-0.2, -0.15) is 0 Å². The van der Waals surface area contributed by atoms with Crippen LogP contribution in [0.15, 0.2) is 18.2 Å². The molecule has 5 nitrogen and oxygen atoms in total. The van der Waals surface area contributed by atoms with Crippen LogP contribution < -0.4 is 10.1 Å². The van der Waals surface area contributed by atoms with Crippen LogP contribution in [-0.2, 0) is 4.79 Å². The summed E-state index contributed by atoms with van der Waals surface area (Å²) in [5.41, 5.74) is -1.53. The molecule has 1 fully saturated rings. The molecule has 6 heteroatoms. The Balaban J connectivity index is 2.24. The van der Waals surface area contributed by atoms with Gasteiger partial charge in [-0.15, -0.1) is 0 Å². The maximum Gasteiger partial charge on any atom is 0.329 e. The molecular weight excluding hydrogens is 289 g/mol. The Morgan fingerprint density at radius 1 is 1.36 bits per heavy atom. The normalized spacial score (nSPS) is 24.6. The number of benzene rings is 1. The number of methoxy groups -OCH3 is 1. The minimum absolute atomic E-state index is 0.0470. The monoisotopic (exact) mass is 309 g/mol. The number of halogens is 1. The minimum Gasteiger partial charge on any atom is -0.494 e. The molecule has 0 aromatic heterocycles. The Kier molecular flexibility index (Phi) is 4.68. The van der Waals surface area contributed by atoms with E-state index in [4.69, 9.17) is 4.74 Å². The third-order valence-corrected chi connectivity index (χ3v) is 4.32. The van der Waals surface area contributed by atoms with Crippen LogP contribution >= 0.6 is 0 Å². The van der Waals surface area contributed by atoms with E-state index >= 15 is 0 Å². The van der Waals surface area contributed by atoms with Gasteiger partial charge >= 0.3 is 5.97 Å². The number of nitrogens with one attached hydrogen (secondary N) is 1. The van der Waals surface area contributed by atoms with E-state index in [2.05, 4.69) is 12.2 Å². The third-order valence-electron chi connectivity index (χ3n) is 4.32. The van der Waals surface area contributed by atoms with Crippen molar-refractivity contribution in [3.05, 3.63) is 29.6 Å². The Bertz CT molecular complexity index is 580. The van der Waals surface area contributed by atoms with Crippen molar-refractivity contribution in [1.82, 2.24) is 5.32 Å². The van der Waals surface area contributed by atoms with Crippen molar-refractivity contribution in [2.75, 3.05) is 7.11 Å². The number of carbonyl (C=O) groups excluding carboxylic acids is 1. The summed E-state index contributed by atoms with van der Waals surface area (Å²) in [4.78, 5) is 23.9. The lowest BCUT2D eigenvalue weighted by Gasteiger charge is -2.36. The number of hydrogen-bond acceptors (Lipinski definition) is 3. The molecule has 0 heterocycles. The van der Waals surface area contributed by atoms with Gasteiger partial charge in [-0.25, -0.2) is 9.18 Å². The van der Waals surface area contributed by atoms with Crippen LogP contribution in [-0.4, -0.2) is 29.6 Å². The fourth-order valence-electron chi connectivity index (χ4n) is 2.78. The Morgan fingerprint density at radius 3 is 2.55 bits per heavy atom. The number of aliphatic carboxylic acids is 1. The zero-order valence-corrected chi connectivity index (χ0v) is 12.7. The summed E-state index contributed by atoms with van der Waals surface area (Å²) < 4.78 is 19.0. The molecule has 0 spiro atoms. The summed E-state index contributed by atoms with van der Waals surface area (Å²) in [6.07, 6.45) is 2.13. The first-order valence-corrected chi connectivity index (χ1v) is 7.28. The number of carboxylic acids is 1. The summed E-state index contributed by atoms with van der Waals surface area (Å²) in [5, 5.41) is 12.0. The van der Waals surface area contributed by atoms with Crippen LogP contribution in [0.5, 0.6) is 5.75 Å². The van der Waals surface area contributed by atoms with E-state index < -0.39 is 23.2 Å². The summed E-state index contributed by atoms with van der Waals surface area (Å²) in [6.45, 7) is 2.05. The molecule has 2 N–H and O–H groups in total. The van der Waals surface area contributed by atoms with E-state index in [0.29, 0.717) is 31.6 Å². The van der Waals surface area contributed by atoms with Gasteiger partial charge in [0, 0.05) is 0 Å². The van der Waals surface area contributed by atoms with E-state index in [-0.39, 0.29) is 11.3 Å². The van der Waals surface area contributed by atoms with Gasteiger partial charge in [0.05, 0.1) is 12.7 Å². The maximum atomic E-state index is 14.1. The van der Waals surface area contributed by atoms with Crippen molar-refractivity contribution >= 4 is 11.9 Å². The molecule has 0 saturated heterocycles. The van der Waals surface area contributed by atoms with E-state index in [0.717, 1.165) is 0 Å². The molecule has 1 aromatic rings. The van der Waals surface area contributed by atoms with Gasteiger partial charge in [-0.05, 0) is 43.7 Å². The van der Waals surface area contributed by atoms with Gasteiger partial charge in [0.1, 0.15) is 5.54 Å². The number of hydrogen-bond donors (Lipinski definition) is 2. The van der Waals surface area contributed by atoms with Gasteiger partial charge in [-0.1, -0.05) is 13.0 Å². The lowest BCUT2D eigenvalue weighted by molar-refractivity contribution is -0.146. The largest absolute Gasteiger partial charge is 0.494 e. The molecule has 0 radical (unpaired) electrons. The smallest absolute Gasteiger partial charge is 0.329 e. The summed E-state index contributed by atoms with van der Waals surface area (Å²) in [7, 11) is 1.31. The van der Waals surface area contributed by atoms with Crippen LogP contribution in [0.4, 0.5) is 4.39 Å². The van der Waals surface area contributed by atoms with Crippen LogP contribution in [0, 0.1) is 11.7 Å². The summed E-state index contributed by atoms with van der Waals surface area (Å²) >= 11 is 0. The maximum absolute atomic E-state index is 14.1.